The Morgan fingerprint density at radius 2 is 1.50 bits per heavy atom. The maximum absolute atomic E-state index is 9.75. The molecule has 0 spiro atoms. The summed E-state index contributed by atoms with van der Waals surface area (Å²) in [5, 5.41) is 0. The van der Waals surface area contributed by atoms with Crippen molar-refractivity contribution in [3.8, 4) is 0 Å². The Balaban J connectivity index is 0.000000202. The number of esters is 1. The monoisotopic (exact) mass is 170 g/mol. The molecule has 0 bridgehead atoms. The third kappa shape index (κ3) is 9.21. The lowest BCUT2D eigenvalue weighted by molar-refractivity contribution is -0.135. The molecule has 0 aromatic rings. The molecule has 0 aliphatic heterocycles. The molecule has 0 radical (unpaired) electrons. The van der Waals surface area contributed by atoms with E-state index in [4.69, 9.17) is 0 Å². The SMILES string of the molecule is C1CCCCC1.C=COC(C)=O. The maximum Gasteiger partial charge on any atom is 0.307 e. The van der Waals surface area contributed by atoms with Gasteiger partial charge in [0.25, 0.3) is 0 Å². The lowest BCUT2D eigenvalue weighted by Gasteiger charge is -2.05. The van der Waals surface area contributed by atoms with Crippen molar-refractivity contribution in [3.63, 3.8) is 0 Å². The van der Waals surface area contributed by atoms with E-state index in [0.717, 1.165) is 6.26 Å². The molecule has 70 valence electrons. The molecule has 0 atom stereocenters. The standard InChI is InChI=1S/C6H12.C4H6O2/c1-2-4-6-5-3-1;1-3-6-4(2)5/h1-6H2;3H,1H2,2H3. The van der Waals surface area contributed by atoms with E-state index in [1.807, 2.05) is 0 Å². The summed E-state index contributed by atoms with van der Waals surface area (Å²) in [7, 11) is 0. The number of carbonyl (C=O) groups is 1. The molecule has 0 amide bonds. The summed E-state index contributed by atoms with van der Waals surface area (Å²) >= 11 is 0. The number of hydrogen-bond acceptors (Lipinski definition) is 2. The van der Waals surface area contributed by atoms with Gasteiger partial charge < -0.3 is 4.74 Å². The van der Waals surface area contributed by atoms with Gasteiger partial charge in [-0.2, -0.15) is 0 Å². The largest absolute Gasteiger partial charge is 0.435 e. The third-order valence-electron chi connectivity index (χ3n) is 1.75. The quantitative estimate of drug-likeness (QED) is 0.446. The van der Waals surface area contributed by atoms with E-state index in [1.54, 1.807) is 0 Å². The minimum Gasteiger partial charge on any atom is -0.435 e. The second-order valence-electron chi connectivity index (χ2n) is 2.90. The first-order valence-electron chi connectivity index (χ1n) is 4.55. The molecule has 0 aromatic heterocycles. The van der Waals surface area contributed by atoms with Gasteiger partial charge in [-0.05, 0) is 0 Å². The number of ether oxygens (including phenoxy) is 1. The molecule has 2 heteroatoms. The molecular weight excluding hydrogens is 152 g/mol. The average molecular weight is 170 g/mol. The van der Waals surface area contributed by atoms with E-state index in [2.05, 4.69) is 11.3 Å². The van der Waals surface area contributed by atoms with Crippen LogP contribution in [0.3, 0.4) is 0 Å². The van der Waals surface area contributed by atoms with Crippen molar-refractivity contribution in [1.82, 2.24) is 0 Å². The highest BCUT2D eigenvalue weighted by molar-refractivity contribution is 5.66. The van der Waals surface area contributed by atoms with E-state index in [9.17, 15) is 4.79 Å². The number of carbonyl (C=O) groups excluding carboxylic acids is 1. The van der Waals surface area contributed by atoms with Gasteiger partial charge in [0, 0.05) is 6.92 Å². The molecule has 1 fully saturated rings. The molecule has 0 heterocycles. The van der Waals surface area contributed by atoms with Crippen LogP contribution in [0.15, 0.2) is 12.8 Å². The number of rotatable bonds is 1. The van der Waals surface area contributed by atoms with E-state index in [1.165, 1.54) is 45.4 Å². The molecular formula is C10H18O2. The van der Waals surface area contributed by atoms with Crippen LogP contribution in [-0.2, 0) is 9.53 Å². The van der Waals surface area contributed by atoms with Crippen molar-refractivity contribution in [1.29, 1.82) is 0 Å². The van der Waals surface area contributed by atoms with Crippen LogP contribution in [0, 0.1) is 0 Å². The number of hydrogen-bond donors (Lipinski definition) is 0. The second-order valence-corrected chi connectivity index (χ2v) is 2.90. The first kappa shape index (κ1) is 11.2. The van der Waals surface area contributed by atoms with Gasteiger partial charge in [0.15, 0.2) is 0 Å². The van der Waals surface area contributed by atoms with Crippen molar-refractivity contribution in [2.24, 2.45) is 0 Å². The molecule has 1 aliphatic rings. The van der Waals surface area contributed by atoms with Crippen molar-refractivity contribution in [2.45, 2.75) is 45.4 Å². The van der Waals surface area contributed by atoms with Crippen LogP contribution < -0.4 is 0 Å². The van der Waals surface area contributed by atoms with Gasteiger partial charge in [-0.25, -0.2) is 0 Å². The summed E-state index contributed by atoms with van der Waals surface area (Å²) in [5.74, 6) is -0.329. The van der Waals surface area contributed by atoms with Crippen LogP contribution in [0.25, 0.3) is 0 Å². The van der Waals surface area contributed by atoms with Gasteiger partial charge >= 0.3 is 5.97 Å². The molecule has 0 unspecified atom stereocenters. The summed E-state index contributed by atoms with van der Waals surface area (Å²) in [4.78, 5) is 9.75. The minimum absolute atomic E-state index is 0.329. The van der Waals surface area contributed by atoms with E-state index >= 15 is 0 Å². The van der Waals surface area contributed by atoms with Crippen LogP contribution in [0.4, 0.5) is 0 Å². The Labute approximate surface area is 74.6 Å². The van der Waals surface area contributed by atoms with E-state index < -0.39 is 0 Å². The van der Waals surface area contributed by atoms with Crippen molar-refractivity contribution in [2.75, 3.05) is 0 Å². The molecule has 0 saturated heterocycles. The summed E-state index contributed by atoms with van der Waals surface area (Å²) in [6.45, 7) is 4.48. The minimum atomic E-state index is -0.329. The molecule has 0 N–H and O–H groups in total. The Morgan fingerprint density at radius 1 is 1.17 bits per heavy atom. The molecule has 2 nitrogen and oxygen atoms in total. The summed E-state index contributed by atoms with van der Waals surface area (Å²) in [6.07, 6.45) is 10.1. The maximum atomic E-state index is 9.75. The second kappa shape index (κ2) is 8.31. The summed E-state index contributed by atoms with van der Waals surface area (Å²) in [5.41, 5.74) is 0. The fourth-order valence-electron chi connectivity index (χ4n) is 1.18. The smallest absolute Gasteiger partial charge is 0.307 e. The van der Waals surface area contributed by atoms with E-state index in [0.29, 0.717) is 0 Å². The Morgan fingerprint density at radius 3 is 1.58 bits per heavy atom. The van der Waals surface area contributed by atoms with Gasteiger partial charge in [0.1, 0.15) is 0 Å². The highest BCUT2D eigenvalue weighted by atomic mass is 16.5. The van der Waals surface area contributed by atoms with Crippen molar-refractivity contribution in [3.05, 3.63) is 12.8 Å². The molecule has 1 saturated carbocycles. The first-order chi connectivity index (χ1) is 5.77. The fourth-order valence-corrected chi connectivity index (χ4v) is 1.18. The van der Waals surface area contributed by atoms with Crippen LogP contribution in [0.1, 0.15) is 45.4 Å². The molecule has 0 aromatic carbocycles. The molecule has 1 aliphatic carbocycles. The summed E-state index contributed by atoms with van der Waals surface area (Å²) < 4.78 is 4.17. The van der Waals surface area contributed by atoms with Gasteiger partial charge in [0.2, 0.25) is 0 Å². The fraction of sp³-hybridized carbons (Fsp3) is 0.700. The highest BCUT2D eigenvalue weighted by Crippen LogP contribution is 2.15. The normalized spacial score (nSPS) is 15.4. The van der Waals surface area contributed by atoms with E-state index in [-0.39, 0.29) is 5.97 Å². The highest BCUT2D eigenvalue weighted by Gasteiger charge is 1.95. The lowest BCUT2D eigenvalue weighted by Crippen LogP contribution is -1.87. The average Bonchev–Trinajstić information content (AvgIpc) is 2.08. The van der Waals surface area contributed by atoms with Crippen LogP contribution in [0.5, 0.6) is 0 Å². The topological polar surface area (TPSA) is 26.3 Å². The molecule has 12 heavy (non-hydrogen) atoms. The Hall–Kier alpha value is -0.790. The predicted octanol–water partition coefficient (Wildman–Crippen LogP) is 3.03. The van der Waals surface area contributed by atoms with Crippen molar-refractivity contribution < 1.29 is 9.53 Å². The molecule has 1 rings (SSSR count). The Bertz CT molecular complexity index is 114. The van der Waals surface area contributed by atoms with Crippen LogP contribution in [-0.4, -0.2) is 5.97 Å². The Kier molecular flexibility index (Phi) is 7.76. The van der Waals surface area contributed by atoms with Crippen molar-refractivity contribution >= 4 is 5.97 Å². The third-order valence-corrected chi connectivity index (χ3v) is 1.75. The predicted molar refractivity (Wildman–Crippen MR) is 49.7 cm³/mol. The zero-order valence-corrected chi connectivity index (χ0v) is 7.84. The van der Waals surface area contributed by atoms with Gasteiger partial charge in [-0.1, -0.05) is 45.1 Å². The zero-order valence-electron chi connectivity index (χ0n) is 7.84. The van der Waals surface area contributed by atoms with Crippen LogP contribution >= 0.6 is 0 Å². The van der Waals surface area contributed by atoms with Crippen LogP contribution in [0.2, 0.25) is 0 Å². The summed E-state index contributed by atoms with van der Waals surface area (Å²) in [6, 6.07) is 0. The zero-order chi connectivity index (χ0) is 9.23. The van der Waals surface area contributed by atoms with Gasteiger partial charge in [-0.3, -0.25) is 4.79 Å². The van der Waals surface area contributed by atoms with Gasteiger partial charge in [-0.15, -0.1) is 0 Å². The van der Waals surface area contributed by atoms with Gasteiger partial charge in [0.05, 0.1) is 6.26 Å². The lowest BCUT2D eigenvalue weighted by atomic mass is 10.0. The first-order valence-corrected chi connectivity index (χ1v) is 4.55.